The van der Waals surface area contributed by atoms with Crippen molar-refractivity contribution in [3.63, 3.8) is 0 Å². The Balaban J connectivity index is 1.75. The van der Waals surface area contributed by atoms with Gasteiger partial charge in [-0.2, -0.15) is 0 Å². The molecule has 1 fully saturated rings. The number of hydrogen-bond donors (Lipinski definition) is 1. The highest BCUT2D eigenvalue weighted by molar-refractivity contribution is 5.92. The molecule has 2 rings (SSSR count). The monoisotopic (exact) mass is 367 g/mol. The highest BCUT2D eigenvalue weighted by Gasteiger charge is 2.17. The summed E-state index contributed by atoms with van der Waals surface area (Å²) < 4.78 is 12.4. The number of ether oxygens (including phenoxy) is 2. The average molecular weight is 367 g/mol. The summed E-state index contributed by atoms with van der Waals surface area (Å²) >= 11 is 0. The topological polar surface area (TPSA) is 98.6 Å². The van der Waals surface area contributed by atoms with Gasteiger partial charge in [-0.3, -0.25) is 9.59 Å². The Labute approximate surface area is 154 Å². The van der Waals surface area contributed by atoms with Crippen molar-refractivity contribution in [3.8, 4) is 0 Å². The van der Waals surface area contributed by atoms with Crippen molar-refractivity contribution in [2.24, 2.45) is 0 Å². The second-order valence-corrected chi connectivity index (χ2v) is 6.11. The zero-order valence-corrected chi connectivity index (χ0v) is 15.6. The summed E-state index contributed by atoms with van der Waals surface area (Å²) in [6, 6.07) is 0. The Hall–Kier alpha value is -2.00. The van der Waals surface area contributed by atoms with Crippen molar-refractivity contribution < 1.29 is 19.1 Å². The molecular formula is C17H29N5O4. The third-order valence-corrected chi connectivity index (χ3v) is 4.15. The van der Waals surface area contributed by atoms with Gasteiger partial charge in [-0.15, -0.1) is 5.10 Å². The van der Waals surface area contributed by atoms with E-state index in [1.807, 2.05) is 18.7 Å². The lowest BCUT2D eigenvalue weighted by atomic mass is 10.1. The normalized spacial score (nSPS) is 14.7. The van der Waals surface area contributed by atoms with E-state index >= 15 is 0 Å². The molecule has 1 aromatic rings. The van der Waals surface area contributed by atoms with E-state index in [1.165, 1.54) is 11.1 Å². The summed E-state index contributed by atoms with van der Waals surface area (Å²) in [6.07, 6.45) is 4.73. The molecule has 1 aromatic heterocycles. The first-order chi connectivity index (χ1) is 12.6. The molecule has 2 amide bonds. The summed E-state index contributed by atoms with van der Waals surface area (Å²) in [5, 5.41) is 10.5. The molecule has 1 N–H and O–H groups in total. The smallest absolute Gasteiger partial charge is 0.273 e. The zero-order chi connectivity index (χ0) is 18.8. The molecule has 146 valence electrons. The molecule has 9 heteroatoms. The number of piperidine rings is 1. The van der Waals surface area contributed by atoms with Gasteiger partial charge in [-0.25, -0.2) is 4.68 Å². The summed E-state index contributed by atoms with van der Waals surface area (Å²) in [5.41, 5.74) is 0.210. The Morgan fingerprint density at radius 1 is 1.19 bits per heavy atom. The predicted molar refractivity (Wildman–Crippen MR) is 94.4 cm³/mol. The molecule has 2 heterocycles. The van der Waals surface area contributed by atoms with Crippen molar-refractivity contribution in [2.75, 3.05) is 32.8 Å². The van der Waals surface area contributed by atoms with Crippen LogP contribution in [0.2, 0.25) is 0 Å². The van der Waals surface area contributed by atoms with Crippen molar-refractivity contribution in [1.82, 2.24) is 25.2 Å². The first kappa shape index (κ1) is 20.3. The van der Waals surface area contributed by atoms with Gasteiger partial charge in [-0.05, 0) is 33.1 Å². The minimum Gasteiger partial charge on any atom is -0.351 e. The molecule has 0 radical (unpaired) electrons. The van der Waals surface area contributed by atoms with E-state index < -0.39 is 6.29 Å². The van der Waals surface area contributed by atoms with Crippen LogP contribution in [-0.2, 0) is 20.8 Å². The number of nitrogens with one attached hydrogen (secondary N) is 1. The van der Waals surface area contributed by atoms with E-state index in [0.29, 0.717) is 32.7 Å². The number of likely N-dealkylation sites (tertiary alicyclic amines) is 1. The van der Waals surface area contributed by atoms with Crippen LogP contribution in [0.25, 0.3) is 0 Å². The molecule has 26 heavy (non-hydrogen) atoms. The van der Waals surface area contributed by atoms with Crippen LogP contribution in [0.3, 0.4) is 0 Å². The molecule has 0 aromatic carbocycles. The number of carbonyl (C=O) groups excluding carboxylic acids is 2. The summed E-state index contributed by atoms with van der Waals surface area (Å²) in [4.78, 5) is 26.1. The molecule has 0 bridgehead atoms. The highest BCUT2D eigenvalue weighted by Crippen LogP contribution is 2.09. The maximum absolute atomic E-state index is 12.1. The van der Waals surface area contributed by atoms with Gasteiger partial charge in [-0.1, -0.05) is 5.21 Å². The van der Waals surface area contributed by atoms with Crippen molar-refractivity contribution in [2.45, 2.75) is 52.4 Å². The zero-order valence-electron chi connectivity index (χ0n) is 15.6. The minimum absolute atomic E-state index is 0.0879. The van der Waals surface area contributed by atoms with Gasteiger partial charge in [0, 0.05) is 39.3 Å². The van der Waals surface area contributed by atoms with Crippen molar-refractivity contribution in [3.05, 3.63) is 11.9 Å². The SMILES string of the molecule is CCOC(Cn1cc(C(=O)NCCC(=O)N2CCCCC2)nn1)OCC. The van der Waals surface area contributed by atoms with Crippen LogP contribution in [0.1, 0.15) is 50.0 Å². The number of carbonyl (C=O) groups is 2. The van der Waals surface area contributed by atoms with E-state index in [1.54, 1.807) is 6.20 Å². The van der Waals surface area contributed by atoms with Crippen LogP contribution in [-0.4, -0.2) is 70.8 Å². The van der Waals surface area contributed by atoms with E-state index in [-0.39, 0.29) is 17.5 Å². The first-order valence-electron chi connectivity index (χ1n) is 9.33. The Morgan fingerprint density at radius 3 is 2.54 bits per heavy atom. The molecule has 9 nitrogen and oxygen atoms in total. The molecule has 1 aliphatic rings. The standard InChI is InChI=1S/C17H29N5O4/c1-3-25-16(26-4-2)13-22-12-14(19-20-22)17(24)18-9-8-15(23)21-10-6-5-7-11-21/h12,16H,3-11,13H2,1-2H3,(H,18,24). The molecule has 1 saturated heterocycles. The third kappa shape index (κ3) is 6.38. The molecule has 1 aliphatic heterocycles. The van der Waals surface area contributed by atoms with Crippen LogP contribution < -0.4 is 5.32 Å². The second-order valence-electron chi connectivity index (χ2n) is 6.11. The maximum atomic E-state index is 12.1. The lowest BCUT2D eigenvalue weighted by Crippen LogP contribution is -2.37. The summed E-state index contributed by atoms with van der Waals surface area (Å²) in [5.74, 6) is -0.253. The van der Waals surface area contributed by atoms with Crippen molar-refractivity contribution in [1.29, 1.82) is 0 Å². The highest BCUT2D eigenvalue weighted by atomic mass is 16.7. The maximum Gasteiger partial charge on any atom is 0.273 e. The van der Waals surface area contributed by atoms with Gasteiger partial charge < -0.3 is 19.7 Å². The Bertz CT molecular complexity index is 565. The van der Waals surface area contributed by atoms with Gasteiger partial charge in [0.2, 0.25) is 5.91 Å². The van der Waals surface area contributed by atoms with Crippen LogP contribution in [0.5, 0.6) is 0 Å². The second kappa shape index (κ2) is 10.9. The fraction of sp³-hybridized carbons (Fsp3) is 0.765. The molecule has 0 saturated carbocycles. The summed E-state index contributed by atoms with van der Waals surface area (Å²) in [7, 11) is 0. The van der Waals surface area contributed by atoms with Gasteiger partial charge in [0.1, 0.15) is 0 Å². The quantitative estimate of drug-likeness (QED) is 0.615. The van der Waals surface area contributed by atoms with Gasteiger partial charge in [0.15, 0.2) is 12.0 Å². The molecule has 0 aliphatic carbocycles. The van der Waals surface area contributed by atoms with E-state index in [4.69, 9.17) is 9.47 Å². The largest absolute Gasteiger partial charge is 0.351 e. The van der Waals surface area contributed by atoms with Crippen LogP contribution in [0.15, 0.2) is 6.20 Å². The lowest BCUT2D eigenvalue weighted by Gasteiger charge is -2.26. The first-order valence-corrected chi connectivity index (χ1v) is 9.33. The summed E-state index contributed by atoms with van der Waals surface area (Å²) in [6.45, 7) is 7.12. The molecule has 0 unspecified atom stereocenters. The van der Waals surface area contributed by atoms with Gasteiger partial charge in [0.05, 0.1) is 12.7 Å². The van der Waals surface area contributed by atoms with Crippen LogP contribution >= 0.6 is 0 Å². The van der Waals surface area contributed by atoms with E-state index in [2.05, 4.69) is 15.6 Å². The average Bonchev–Trinajstić information content (AvgIpc) is 3.11. The Kier molecular flexibility index (Phi) is 8.49. The van der Waals surface area contributed by atoms with Crippen LogP contribution in [0, 0.1) is 0 Å². The fourth-order valence-corrected chi connectivity index (χ4v) is 2.84. The third-order valence-electron chi connectivity index (χ3n) is 4.15. The number of amides is 2. The molecule has 0 spiro atoms. The van der Waals surface area contributed by atoms with E-state index in [0.717, 1.165) is 25.9 Å². The fourth-order valence-electron chi connectivity index (χ4n) is 2.84. The number of rotatable bonds is 10. The number of aromatic nitrogens is 3. The number of nitrogens with zero attached hydrogens (tertiary/aromatic N) is 4. The van der Waals surface area contributed by atoms with Crippen molar-refractivity contribution >= 4 is 11.8 Å². The van der Waals surface area contributed by atoms with Gasteiger partial charge in [0.25, 0.3) is 5.91 Å². The molecular weight excluding hydrogens is 338 g/mol. The Morgan fingerprint density at radius 2 is 1.88 bits per heavy atom. The predicted octanol–water partition coefficient (Wildman–Crippen LogP) is 0.810. The molecule has 0 atom stereocenters. The minimum atomic E-state index is -0.426. The van der Waals surface area contributed by atoms with E-state index in [9.17, 15) is 9.59 Å². The number of hydrogen-bond acceptors (Lipinski definition) is 6. The lowest BCUT2D eigenvalue weighted by molar-refractivity contribution is -0.145. The van der Waals surface area contributed by atoms with Crippen LogP contribution in [0.4, 0.5) is 0 Å². The van der Waals surface area contributed by atoms with Gasteiger partial charge >= 0.3 is 0 Å².